The molecule has 2 aromatic carbocycles. The molecule has 1 saturated heterocycles. The molecule has 4 rings (SSSR count). The van der Waals surface area contributed by atoms with Crippen LogP contribution in [-0.2, 0) is 0 Å². The van der Waals surface area contributed by atoms with Crippen molar-refractivity contribution in [3.63, 3.8) is 0 Å². The molecule has 1 amide bonds. The van der Waals surface area contributed by atoms with Gasteiger partial charge in [-0.25, -0.2) is 18.6 Å². The van der Waals surface area contributed by atoms with Crippen LogP contribution in [0.4, 0.5) is 18.9 Å². The molecular formula is C23H20F3N5O2. The van der Waals surface area contributed by atoms with Gasteiger partial charge in [-0.05, 0) is 31.0 Å². The summed E-state index contributed by atoms with van der Waals surface area (Å²) in [6, 6.07) is 7.15. The molecule has 0 spiro atoms. The minimum atomic E-state index is -1.02. The molecule has 1 aromatic heterocycles. The van der Waals surface area contributed by atoms with Gasteiger partial charge in [0.15, 0.2) is 17.3 Å². The molecule has 0 saturated carbocycles. The number of nitrogens with zero attached hydrogens (tertiary/aromatic N) is 4. The number of rotatable bonds is 4. The summed E-state index contributed by atoms with van der Waals surface area (Å²) in [5.74, 6) is -3.42. The van der Waals surface area contributed by atoms with Crippen molar-refractivity contribution in [2.45, 2.75) is 18.9 Å². The maximum Gasteiger partial charge on any atom is 0.277 e. The summed E-state index contributed by atoms with van der Waals surface area (Å²) in [6.45, 7) is 7.67. The van der Waals surface area contributed by atoms with Crippen molar-refractivity contribution in [1.29, 1.82) is 0 Å². The van der Waals surface area contributed by atoms with Gasteiger partial charge in [-0.15, -0.1) is 0 Å². The number of hydrogen-bond donors (Lipinski definition) is 1. The van der Waals surface area contributed by atoms with Crippen LogP contribution in [0.5, 0.6) is 5.75 Å². The van der Waals surface area contributed by atoms with Crippen LogP contribution in [0, 0.1) is 24.2 Å². The maximum absolute atomic E-state index is 15.7. The molecule has 33 heavy (non-hydrogen) atoms. The predicted molar refractivity (Wildman–Crippen MR) is 115 cm³/mol. The van der Waals surface area contributed by atoms with E-state index in [1.807, 2.05) is 0 Å². The highest BCUT2D eigenvalue weighted by atomic mass is 19.1. The predicted octanol–water partition coefficient (Wildman–Crippen LogP) is 4.08. The summed E-state index contributed by atoms with van der Waals surface area (Å²) >= 11 is 0. The quantitative estimate of drug-likeness (QED) is 0.602. The van der Waals surface area contributed by atoms with Crippen LogP contribution in [0.3, 0.4) is 0 Å². The molecule has 7 nitrogen and oxygen atoms in total. The number of nitrogens with two attached hydrogens (primary N) is 1. The van der Waals surface area contributed by atoms with E-state index in [0.717, 1.165) is 23.1 Å². The van der Waals surface area contributed by atoms with Crippen LogP contribution in [0.2, 0.25) is 0 Å². The third-order valence-corrected chi connectivity index (χ3v) is 5.49. The van der Waals surface area contributed by atoms with Gasteiger partial charge >= 0.3 is 0 Å². The van der Waals surface area contributed by atoms with Crippen LogP contribution in [0.1, 0.15) is 23.3 Å². The maximum atomic E-state index is 15.7. The van der Waals surface area contributed by atoms with Crippen LogP contribution in [-0.4, -0.2) is 46.6 Å². The van der Waals surface area contributed by atoms with Crippen molar-refractivity contribution in [2.24, 2.45) is 5.73 Å². The highest BCUT2D eigenvalue weighted by Gasteiger charge is 2.30. The molecule has 1 aliphatic rings. The molecule has 1 atom stereocenters. The normalized spacial score (nSPS) is 15.9. The number of amides is 1. The van der Waals surface area contributed by atoms with Gasteiger partial charge in [-0.1, -0.05) is 12.1 Å². The fraction of sp³-hybridized carbons (Fsp3) is 0.261. The minimum absolute atomic E-state index is 0.0253. The standard InChI is InChI=1S/C23H20F3N5O2/c1-28-18-7-5-13(10-16(18)24)22-29-20(23(32)30-9-3-4-14(27)12-30)21(26)31(22)15-6-8-19(33-2)17(25)11-15/h5-8,10-11,14H,3-4,9,12,27H2,2H3/t14-/m1/s1. The average Bonchev–Trinajstić information content (AvgIpc) is 3.15. The van der Waals surface area contributed by atoms with Gasteiger partial charge in [0.05, 0.1) is 19.4 Å². The first kappa shape index (κ1) is 22.4. The number of likely N-dealkylation sites (tertiary alicyclic amines) is 1. The van der Waals surface area contributed by atoms with Gasteiger partial charge in [0, 0.05) is 30.8 Å². The number of carbonyl (C=O) groups is 1. The van der Waals surface area contributed by atoms with Crippen molar-refractivity contribution in [2.75, 3.05) is 20.2 Å². The minimum Gasteiger partial charge on any atom is -0.494 e. The zero-order valence-corrected chi connectivity index (χ0v) is 17.7. The number of piperidine rings is 1. The number of aromatic nitrogens is 2. The Morgan fingerprint density at radius 1 is 1.21 bits per heavy atom. The fourth-order valence-electron chi connectivity index (χ4n) is 3.84. The zero-order chi connectivity index (χ0) is 23.7. The number of halogens is 3. The van der Waals surface area contributed by atoms with Crippen LogP contribution < -0.4 is 10.5 Å². The Balaban J connectivity index is 1.88. The number of imidazole rings is 1. The van der Waals surface area contributed by atoms with Crippen molar-refractivity contribution in [3.05, 3.63) is 71.1 Å². The second-order valence-electron chi connectivity index (χ2n) is 7.66. The van der Waals surface area contributed by atoms with E-state index >= 15 is 4.39 Å². The van der Waals surface area contributed by atoms with Gasteiger partial charge in [0.25, 0.3) is 5.91 Å². The van der Waals surface area contributed by atoms with Crippen LogP contribution >= 0.6 is 0 Å². The number of carbonyl (C=O) groups excluding carboxylic acids is 1. The van der Waals surface area contributed by atoms with E-state index in [1.54, 1.807) is 0 Å². The summed E-state index contributed by atoms with van der Waals surface area (Å²) in [5.41, 5.74) is 5.39. The lowest BCUT2D eigenvalue weighted by molar-refractivity contribution is 0.0698. The number of ether oxygens (including phenoxy) is 1. The Morgan fingerprint density at radius 3 is 2.64 bits per heavy atom. The molecule has 1 aliphatic heterocycles. The topological polar surface area (TPSA) is 77.7 Å². The van der Waals surface area contributed by atoms with E-state index in [1.165, 1.54) is 36.3 Å². The summed E-state index contributed by atoms with van der Waals surface area (Å²) in [5, 5.41) is 0. The summed E-state index contributed by atoms with van der Waals surface area (Å²) in [4.78, 5) is 21.8. The van der Waals surface area contributed by atoms with Crippen molar-refractivity contribution < 1.29 is 22.7 Å². The van der Waals surface area contributed by atoms with Gasteiger partial charge < -0.3 is 15.4 Å². The first-order chi connectivity index (χ1) is 15.8. The zero-order valence-electron chi connectivity index (χ0n) is 17.7. The number of hydrogen-bond acceptors (Lipinski definition) is 4. The molecular weight excluding hydrogens is 435 g/mol. The highest BCUT2D eigenvalue weighted by molar-refractivity contribution is 5.93. The highest BCUT2D eigenvalue weighted by Crippen LogP contribution is 2.31. The summed E-state index contributed by atoms with van der Waals surface area (Å²) in [7, 11) is 1.29. The number of methoxy groups -OCH3 is 1. The third-order valence-electron chi connectivity index (χ3n) is 5.49. The van der Waals surface area contributed by atoms with E-state index in [4.69, 9.17) is 17.0 Å². The van der Waals surface area contributed by atoms with E-state index in [0.29, 0.717) is 13.0 Å². The third kappa shape index (κ3) is 4.15. The number of benzene rings is 2. The van der Waals surface area contributed by atoms with Crippen molar-refractivity contribution in [3.8, 4) is 22.8 Å². The molecule has 3 aromatic rings. The second-order valence-corrected chi connectivity index (χ2v) is 7.66. The first-order valence-electron chi connectivity index (χ1n) is 10.2. The van der Waals surface area contributed by atoms with E-state index < -0.39 is 29.2 Å². The van der Waals surface area contributed by atoms with Gasteiger partial charge in [-0.2, -0.15) is 4.39 Å². The molecule has 2 N–H and O–H groups in total. The molecule has 0 radical (unpaired) electrons. The fourth-order valence-corrected chi connectivity index (χ4v) is 3.84. The lowest BCUT2D eigenvalue weighted by Crippen LogP contribution is -2.46. The van der Waals surface area contributed by atoms with Crippen molar-refractivity contribution in [1.82, 2.24) is 14.5 Å². The van der Waals surface area contributed by atoms with Gasteiger partial charge in [0.2, 0.25) is 11.6 Å². The Hall–Kier alpha value is -3.84. The summed E-state index contributed by atoms with van der Waals surface area (Å²) in [6.07, 6.45) is 1.43. The van der Waals surface area contributed by atoms with E-state index in [2.05, 4.69) is 9.83 Å². The monoisotopic (exact) mass is 455 g/mol. The van der Waals surface area contributed by atoms with E-state index in [-0.39, 0.29) is 41.1 Å². The SMILES string of the molecule is [C-]#[N+]c1ccc(-c2nc(C(=O)N3CCC[C@@H](N)C3)c(F)n2-c2ccc(OC)c(F)c2)cc1F. The first-order valence-corrected chi connectivity index (χ1v) is 10.2. The Morgan fingerprint density at radius 2 is 2.00 bits per heavy atom. The Bertz CT molecular complexity index is 1270. The lowest BCUT2D eigenvalue weighted by Gasteiger charge is -2.30. The second kappa shape index (κ2) is 8.96. The molecule has 10 heteroatoms. The molecule has 170 valence electrons. The molecule has 0 unspecified atom stereocenters. The largest absolute Gasteiger partial charge is 0.494 e. The van der Waals surface area contributed by atoms with E-state index in [9.17, 15) is 13.6 Å². The summed E-state index contributed by atoms with van der Waals surface area (Å²) < 4.78 is 50.2. The molecule has 2 heterocycles. The van der Waals surface area contributed by atoms with Gasteiger partial charge in [0.1, 0.15) is 11.6 Å². The van der Waals surface area contributed by atoms with Crippen LogP contribution in [0.25, 0.3) is 21.9 Å². The lowest BCUT2D eigenvalue weighted by atomic mass is 10.1. The Kier molecular flexibility index (Phi) is 6.07. The van der Waals surface area contributed by atoms with Crippen LogP contribution in [0.15, 0.2) is 36.4 Å². The average molecular weight is 455 g/mol. The van der Waals surface area contributed by atoms with Gasteiger partial charge in [-0.3, -0.25) is 9.36 Å². The Labute approximate surface area is 188 Å². The molecule has 1 fully saturated rings. The smallest absolute Gasteiger partial charge is 0.277 e. The van der Waals surface area contributed by atoms with Crippen molar-refractivity contribution >= 4 is 11.6 Å². The molecule has 0 bridgehead atoms. The molecule has 0 aliphatic carbocycles.